The first-order valence-corrected chi connectivity index (χ1v) is 4.37. The minimum Gasteiger partial charge on any atom is -0.496 e. The zero-order valence-corrected chi connectivity index (χ0v) is 8.66. The quantitative estimate of drug-likeness (QED) is 0.831. The Morgan fingerprint density at radius 2 is 2.25 bits per heavy atom. The third-order valence-electron chi connectivity index (χ3n) is 1.45. The number of carbonyl (C=O) groups is 1. The average molecular weight is 277 g/mol. The van der Waals surface area contributed by atoms with Crippen molar-refractivity contribution in [3.8, 4) is 5.75 Å². The molecule has 12 heavy (non-hydrogen) atoms. The van der Waals surface area contributed by atoms with Gasteiger partial charge in [-0.05, 0) is 34.7 Å². The Hall–Kier alpha value is -0.780. The molecule has 0 bridgehead atoms. The molecular weight excluding hydrogens is 269 g/mol. The first-order chi connectivity index (χ1) is 5.66. The van der Waals surface area contributed by atoms with Crippen molar-refractivity contribution in [1.29, 1.82) is 0 Å². The van der Waals surface area contributed by atoms with Gasteiger partial charge in [-0.3, -0.25) is 4.79 Å². The highest BCUT2D eigenvalue weighted by atomic mass is 127. The molecular formula is C8H8INO2. The van der Waals surface area contributed by atoms with Crippen LogP contribution in [0.15, 0.2) is 18.2 Å². The van der Waals surface area contributed by atoms with Gasteiger partial charge in [0.1, 0.15) is 5.75 Å². The van der Waals surface area contributed by atoms with Crippen molar-refractivity contribution >= 4 is 28.5 Å². The summed E-state index contributed by atoms with van der Waals surface area (Å²) >= 11 is 2.03. The van der Waals surface area contributed by atoms with Crippen molar-refractivity contribution in [1.82, 2.24) is 0 Å². The average Bonchev–Trinajstić information content (AvgIpc) is 2.04. The molecule has 1 amide bonds. The van der Waals surface area contributed by atoms with Crippen LogP contribution in [0.5, 0.6) is 5.75 Å². The van der Waals surface area contributed by atoms with Gasteiger partial charge in [0.05, 0.1) is 16.2 Å². The second-order valence-electron chi connectivity index (χ2n) is 2.19. The Balaban J connectivity index is 3.23. The van der Waals surface area contributed by atoms with Crippen LogP contribution in [0.3, 0.4) is 0 Å². The SMILES string of the molecule is COc1cccc(C(N)=O)c1I. The summed E-state index contributed by atoms with van der Waals surface area (Å²) in [4.78, 5) is 10.9. The summed E-state index contributed by atoms with van der Waals surface area (Å²) in [6, 6.07) is 5.20. The van der Waals surface area contributed by atoms with Crippen molar-refractivity contribution in [3.63, 3.8) is 0 Å². The summed E-state index contributed by atoms with van der Waals surface area (Å²) in [5.41, 5.74) is 5.63. The maximum absolute atomic E-state index is 10.9. The fourth-order valence-electron chi connectivity index (χ4n) is 0.859. The lowest BCUT2D eigenvalue weighted by atomic mass is 10.2. The molecule has 0 heterocycles. The van der Waals surface area contributed by atoms with Crippen molar-refractivity contribution in [2.75, 3.05) is 7.11 Å². The largest absolute Gasteiger partial charge is 0.496 e. The highest BCUT2D eigenvalue weighted by Gasteiger charge is 2.09. The molecule has 0 radical (unpaired) electrons. The lowest BCUT2D eigenvalue weighted by molar-refractivity contribution is 0.0999. The van der Waals surface area contributed by atoms with Crippen LogP contribution >= 0.6 is 22.6 Å². The number of methoxy groups -OCH3 is 1. The molecule has 0 aliphatic heterocycles. The lowest BCUT2D eigenvalue weighted by Crippen LogP contribution is -2.12. The number of hydrogen-bond acceptors (Lipinski definition) is 2. The van der Waals surface area contributed by atoms with Gasteiger partial charge < -0.3 is 10.5 Å². The number of halogens is 1. The van der Waals surface area contributed by atoms with Gasteiger partial charge in [-0.15, -0.1) is 0 Å². The van der Waals surface area contributed by atoms with Gasteiger partial charge in [0.2, 0.25) is 5.91 Å². The van der Waals surface area contributed by atoms with Crippen LogP contribution in [0.2, 0.25) is 0 Å². The van der Waals surface area contributed by atoms with Gasteiger partial charge in [-0.25, -0.2) is 0 Å². The minimum absolute atomic E-state index is 0.432. The van der Waals surface area contributed by atoms with Crippen molar-refractivity contribution < 1.29 is 9.53 Å². The summed E-state index contributed by atoms with van der Waals surface area (Å²) in [6.45, 7) is 0. The summed E-state index contributed by atoms with van der Waals surface area (Å²) < 4.78 is 5.78. The van der Waals surface area contributed by atoms with E-state index < -0.39 is 5.91 Å². The third kappa shape index (κ3) is 1.69. The summed E-state index contributed by atoms with van der Waals surface area (Å²) in [7, 11) is 1.56. The molecule has 2 N–H and O–H groups in total. The molecule has 0 spiro atoms. The Bertz CT molecular complexity index is 312. The fraction of sp³-hybridized carbons (Fsp3) is 0.125. The zero-order valence-electron chi connectivity index (χ0n) is 6.50. The van der Waals surface area contributed by atoms with Crippen LogP contribution in [-0.2, 0) is 0 Å². The number of nitrogens with two attached hydrogens (primary N) is 1. The zero-order chi connectivity index (χ0) is 9.14. The molecule has 0 aliphatic carbocycles. The standard InChI is InChI=1S/C8H8INO2/c1-12-6-4-2-3-5(7(6)9)8(10)11/h2-4H,1H3,(H2,10,11). The maximum atomic E-state index is 10.9. The van der Waals surface area contributed by atoms with E-state index in [0.717, 1.165) is 3.57 Å². The van der Waals surface area contributed by atoms with E-state index in [1.165, 1.54) is 0 Å². The maximum Gasteiger partial charge on any atom is 0.249 e. The van der Waals surface area contributed by atoms with Crippen molar-refractivity contribution in [3.05, 3.63) is 27.3 Å². The van der Waals surface area contributed by atoms with Crippen molar-refractivity contribution in [2.24, 2.45) is 5.73 Å². The van der Waals surface area contributed by atoms with E-state index in [1.807, 2.05) is 22.6 Å². The Morgan fingerprint density at radius 3 is 2.75 bits per heavy atom. The highest BCUT2D eigenvalue weighted by Crippen LogP contribution is 2.23. The van der Waals surface area contributed by atoms with Crippen LogP contribution in [0.4, 0.5) is 0 Å². The van der Waals surface area contributed by atoms with E-state index in [0.29, 0.717) is 11.3 Å². The molecule has 4 heteroatoms. The topological polar surface area (TPSA) is 52.3 Å². The smallest absolute Gasteiger partial charge is 0.249 e. The molecule has 0 saturated carbocycles. The monoisotopic (exact) mass is 277 g/mol. The molecule has 1 aromatic rings. The molecule has 64 valence electrons. The first kappa shape index (κ1) is 9.31. The number of benzene rings is 1. The molecule has 0 saturated heterocycles. The fourth-order valence-corrected chi connectivity index (χ4v) is 1.70. The first-order valence-electron chi connectivity index (χ1n) is 3.29. The normalized spacial score (nSPS) is 9.50. The van der Waals surface area contributed by atoms with E-state index >= 15 is 0 Å². The lowest BCUT2D eigenvalue weighted by Gasteiger charge is -2.05. The van der Waals surface area contributed by atoms with E-state index in [4.69, 9.17) is 10.5 Å². The predicted octanol–water partition coefficient (Wildman–Crippen LogP) is 1.40. The van der Waals surface area contributed by atoms with Crippen LogP contribution in [0.1, 0.15) is 10.4 Å². The van der Waals surface area contributed by atoms with E-state index in [-0.39, 0.29) is 0 Å². The number of ether oxygens (including phenoxy) is 1. The Morgan fingerprint density at radius 1 is 1.58 bits per heavy atom. The van der Waals surface area contributed by atoms with Gasteiger partial charge in [0.15, 0.2) is 0 Å². The number of rotatable bonds is 2. The van der Waals surface area contributed by atoms with Gasteiger partial charge in [-0.1, -0.05) is 6.07 Å². The second kappa shape index (κ2) is 3.75. The highest BCUT2D eigenvalue weighted by molar-refractivity contribution is 14.1. The predicted molar refractivity (Wildman–Crippen MR) is 54.2 cm³/mol. The van der Waals surface area contributed by atoms with E-state index in [1.54, 1.807) is 25.3 Å². The number of carbonyl (C=O) groups excluding carboxylic acids is 1. The third-order valence-corrected chi connectivity index (χ3v) is 2.56. The molecule has 0 aliphatic rings. The second-order valence-corrected chi connectivity index (χ2v) is 3.26. The van der Waals surface area contributed by atoms with E-state index in [9.17, 15) is 4.79 Å². The van der Waals surface area contributed by atoms with Gasteiger partial charge >= 0.3 is 0 Å². The van der Waals surface area contributed by atoms with Crippen LogP contribution in [0, 0.1) is 3.57 Å². The van der Waals surface area contributed by atoms with Gasteiger partial charge in [0.25, 0.3) is 0 Å². The number of primary amides is 1. The van der Waals surface area contributed by atoms with Gasteiger partial charge in [0, 0.05) is 0 Å². The van der Waals surface area contributed by atoms with E-state index in [2.05, 4.69) is 0 Å². The summed E-state index contributed by atoms with van der Waals surface area (Å²) in [5, 5.41) is 0. The minimum atomic E-state index is -0.432. The Labute approximate surface area is 84.0 Å². The number of amides is 1. The summed E-state index contributed by atoms with van der Waals surface area (Å²) in [6.07, 6.45) is 0. The molecule has 0 atom stereocenters. The molecule has 1 rings (SSSR count). The molecule has 0 unspecified atom stereocenters. The summed E-state index contributed by atoms with van der Waals surface area (Å²) in [5.74, 6) is 0.241. The van der Waals surface area contributed by atoms with Crippen LogP contribution in [-0.4, -0.2) is 13.0 Å². The van der Waals surface area contributed by atoms with Crippen LogP contribution < -0.4 is 10.5 Å². The molecule has 0 fully saturated rings. The van der Waals surface area contributed by atoms with Crippen molar-refractivity contribution in [2.45, 2.75) is 0 Å². The molecule has 1 aromatic carbocycles. The molecule has 3 nitrogen and oxygen atoms in total. The number of hydrogen-bond donors (Lipinski definition) is 1. The molecule has 0 aromatic heterocycles. The van der Waals surface area contributed by atoms with Gasteiger partial charge in [-0.2, -0.15) is 0 Å². The van der Waals surface area contributed by atoms with Crippen LogP contribution in [0.25, 0.3) is 0 Å². The Kier molecular flexibility index (Phi) is 2.91.